The van der Waals surface area contributed by atoms with Crippen molar-refractivity contribution in [1.82, 2.24) is 4.98 Å². The van der Waals surface area contributed by atoms with Crippen molar-refractivity contribution in [3.8, 4) is 0 Å². The molecule has 0 unspecified atom stereocenters. The number of ether oxygens (including phenoxy) is 2. The molecule has 19 heavy (non-hydrogen) atoms. The predicted molar refractivity (Wildman–Crippen MR) is 59.1 cm³/mol. The number of carbonyl (C=O) groups is 4. The molecule has 92 valence electrons. The van der Waals surface area contributed by atoms with Gasteiger partial charge in [0.2, 0.25) is 0 Å². The van der Waals surface area contributed by atoms with Crippen LogP contribution >= 0.6 is 11.3 Å². The number of carbonyl (C=O) groups excluding carboxylic acids is 4. The second kappa shape index (κ2) is 3.04. The van der Waals surface area contributed by atoms with Gasteiger partial charge < -0.3 is 9.47 Å². The van der Waals surface area contributed by atoms with Crippen LogP contribution in [0.15, 0.2) is 6.20 Å². The number of hydrogen-bond donors (Lipinski definition) is 0. The number of cyclic esters (lactones) is 4. The van der Waals surface area contributed by atoms with Gasteiger partial charge in [0.05, 0.1) is 5.56 Å². The first kappa shape index (κ1) is 10.3. The number of pyridine rings is 1. The van der Waals surface area contributed by atoms with Crippen LogP contribution in [0.4, 0.5) is 0 Å². The summed E-state index contributed by atoms with van der Waals surface area (Å²) in [5.41, 5.74) is -0.00306. The zero-order valence-corrected chi connectivity index (χ0v) is 9.70. The molecule has 0 aromatic carbocycles. The number of nitrogens with zero attached hydrogens (tertiary/aromatic N) is 1. The van der Waals surface area contributed by atoms with Crippen LogP contribution in [0.1, 0.15) is 40.2 Å². The average molecular weight is 275 g/mol. The Hall–Kier alpha value is -2.61. The molecule has 2 aromatic heterocycles. The quantitative estimate of drug-likeness (QED) is 0.520. The normalized spacial score (nSPS) is 16.6. The van der Waals surface area contributed by atoms with Gasteiger partial charge in [-0.15, -0.1) is 11.3 Å². The van der Waals surface area contributed by atoms with Crippen LogP contribution in [0.25, 0.3) is 10.8 Å². The largest absolute Gasteiger partial charge is 0.385 e. The van der Waals surface area contributed by atoms with Crippen LogP contribution in [0, 0.1) is 0 Å². The van der Waals surface area contributed by atoms with Crippen molar-refractivity contribution in [3.63, 3.8) is 0 Å². The molecule has 0 radical (unpaired) electrons. The first-order chi connectivity index (χ1) is 9.08. The van der Waals surface area contributed by atoms with Crippen molar-refractivity contribution in [2.75, 3.05) is 0 Å². The third kappa shape index (κ3) is 1.09. The maximum absolute atomic E-state index is 11.6. The molecule has 0 atom stereocenters. The SMILES string of the molecule is O=C1OC(=O)c2sc3c4c(ncc1c24)C(=O)OC3=O. The van der Waals surface area contributed by atoms with Crippen molar-refractivity contribution in [3.05, 3.63) is 27.2 Å². The molecule has 0 aliphatic carbocycles. The van der Waals surface area contributed by atoms with Crippen molar-refractivity contribution >= 4 is 46.0 Å². The van der Waals surface area contributed by atoms with E-state index in [0.29, 0.717) is 0 Å². The maximum atomic E-state index is 11.6. The van der Waals surface area contributed by atoms with Crippen LogP contribution < -0.4 is 0 Å². The molecule has 2 aromatic rings. The van der Waals surface area contributed by atoms with Gasteiger partial charge in [0, 0.05) is 17.0 Å². The Bertz CT molecular complexity index is 780. The van der Waals surface area contributed by atoms with Crippen LogP contribution in [0.3, 0.4) is 0 Å². The molecule has 0 saturated carbocycles. The second-order valence-corrected chi connectivity index (χ2v) is 4.91. The van der Waals surface area contributed by atoms with Gasteiger partial charge in [0.25, 0.3) is 0 Å². The molecule has 7 nitrogen and oxygen atoms in total. The van der Waals surface area contributed by atoms with Crippen molar-refractivity contribution in [2.45, 2.75) is 0 Å². The lowest BCUT2D eigenvalue weighted by Gasteiger charge is -2.13. The van der Waals surface area contributed by atoms with Gasteiger partial charge in [0.1, 0.15) is 9.75 Å². The summed E-state index contributed by atoms with van der Waals surface area (Å²) in [5.74, 6) is -3.41. The molecule has 8 heteroatoms. The van der Waals surface area contributed by atoms with E-state index in [1.807, 2.05) is 0 Å². The summed E-state index contributed by atoms with van der Waals surface area (Å²) in [4.78, 5) is 50.4. The fourth-order valence-electron chi connectivity index (χ4n) is 2.13. The van der Waals surface area contributed by atoms with Gasteiger partial charge >= 0.3 is 23.9 Å². The van der Waals surface area contributed by atoms with E-state index in [4.69, 9.17) is 0 Å². The molecule has 0 saturated heterocycles. The van der Waals surface area contributed by atoms with Crippen LogP contribution in [0.2, 0.25) is 0 Å². The Labute approximate surface area is 107 Å². The first-order valence-corrected chi connectivity index (χ1v) is 5.88. The lowest BCUT2D eigenvalue weighted by molar-refractivity contribution is 0.0370. The Kier molecular flexibility index (Phi) is 1.65. The van der Waals surface area contributed by atoms with Crippen molar-refractivity contribution < 1.29 is 28.7 Å². The molecular weight excluding hydrogens is 274 g/mol. The monoisotopic (exact) mass is 275 g/mol. The molecule has 4 rings (SSSR count). The molecule has 0 amide bonds. The molecule has 0 bridgehead atoms. The van der Waals surface area contributed by atoms with Gasteiger partial charge in [-0.3, -0.25) is 0 Å². The molecule has 0 N–H and O–H groups in total. The number of hydrogen-bond acceptors (Lipinski definition) is 8. The van der Waals surface area contributed by atoms with E-state index in [-0.39, 0.29) is 31.8 Å². The number of rotatable bonds is 0. The highest BCUT2D eigenvalue weighted by molar-refractivity contribution is 7.18. The summed E-state index contributed by atoms with van der Waals surface area (Å²) in [6.07, 6.45) is 1.14. The van der Waals surface area contributed by atoms with E-state index < -0.39 is 23.9 Å². The molecule has 2 aliphatic heterocycles. The predicted octanol–water partition coefficient (Wildman–Crippen LogP) is 0.918. The summed E-state index contributed by atoms with van der Waals surface area (Å²) in [6, 6.07) is 0. The standard InChI is InChI=1S/C11HNO6S/c13-8-2-1-12-5-4-3(2)6(10(15)17-8)19-7(4)11(16)18-9(5)14/h1H. The van der Waals surface area contributed by atoms with Crippen LogP contribution in [-0.2, 0) is 9.47 Å². The smallest absolute Gasteiger partial charge is 0.365 e. The van der Waals surface area contributed by atoms with E-state index in [1.54, 1.807) is 0 Å². The molecule has 4 heterocycles. The molecule has 2 aliphatic rings. The minimum Gasteiger partial charge on any atom is -0.385 e. The van der Waals surface area contributed by atoms with Gasteiger partial charge in [0.15, 0.2) is 5.69 Å². The van der Waals surface area contributed by atoms with E-state index in [9.17, 15) is 19.2 Å². The highest BCUT2D eigenvalue weighted by Gasteiger charge is 2.39. The third-order valence-corrected chi connectivity index (χ3v) is 4.04. The Morgan fingerprint density at radius 1 is 0.842 bits per heavy atom. The average Bonchev–Trinajstić information content (AvgIpc) is 2.76. The van der Waals surface area contributed by atoms with Gasteiger partial charge in [-0.1, -0.05) is 0 Å². The highest BCUT2D eigenvalue weighted by atomic mass is 32.1. The lowest BCUT2D eigenvalue weighted by Crippen LogP contribution is -2.21. The van der Waals surface area contributed by atoms with E-state index in [0.717, 1.165) is 17.5 Å². The third-order valence-electron chi connectivity index (χ3n) is 2.89. The Morgan fingerprint density at radius 2 is 1.47 bits per heavy atom. The summed E-state index contributed by atoms with van der Waals surface area (Å²) in [5, 5.41) is 0.444. The lowest BCUT2D eigenvalue weighted by atomic mass is 10.0. The van der Waals surface area contributed by atoms with Crippen LogP contribution in [-0.4, -0.2) is 28.9 Å². The zero-order valence-electron chi connectivity index (χ0n) is 8.88. The number of esters is 4. The van der Waals surface area contributed by atoms with Gasteiger partial charge in [-0.05, 0) is 0 Å². The molecular formula is C11HNO6S. The summed E-state index contributed by atoms with van der Waals surface area (Å²) < 4.78 is 9.05. The van der Waals surface area contributed by atoms with E-state index in [1.165, 1.54) is 0 Å². The summed E-state index contributed by atoms with van der Waals surface area (Å²) >= 11 is 0.830. The topological polar surface area (TPSA) is 99.6 Å². The fraction of sp³-hybridized carbons (Fsp3) is 0. The van der Waals surface area contributed by atoms with E-state index >= 15 is 0 Å². The number of thiophene rings is 1. The Morgan fingerprint density at radius 3 is 2.21 bits per heavy atom. The second-order valence-electron chi connectivity index (χ2n) is 3.88. The molecule has 0 fully saturated rings. The highest BCUT2D eigenvalue weighted by Crippen LogP contribution is 2.40. The Balaban J connectivity index is 2.28. The minimum atomic E-state index is -0.889. The fourth-order valence-corrected chi connectivity index (χ4v) is 3.20. The zero-order chi connectivity index (χ0) is 13.3. The summed E-state index contributed by atoms with van der Waals surface area (Å²) in [6.45, 7) is 0. The van der Waals surface area contributed by atoms with E-state index in [2.05, 4.69) is 14.5 Å². The summed E-state index contributed by atoms with van der Waals surface area (Å²) in [7, 11) is 0. The van der Waals surface area contributed by atoms with Crippen LogP contribution in [0.5, 0.6) is 0 Å². The van der Waals surface area contributed by atoms with Crippen molar-refractivity contribution in [2.24, 2.45) is 0 Å². The minimum absolute atomic E-state index is 0.0679. The first-order valence-electron chi connectivity index (χ1n) is 5.06. The van der Waals surface area contributed by atoms with Gasteiger partial charge in [-0.25, -0.2) is 24.2 Å². The van der Waals surface area contributed by atoms with Crippen molar-refractivity contribution in [1.29, 1.82) is 0 Å². The number of aromatic nitrogens is 1. The molecule has 0 spiro atoms. The van der Waals surface area contributed by atoms with Gasteiger partial charge in [-0.2, -0.15) is 0 Å². The maximum Gasteiger partial charge on any atom is 0.365 e.